The zero-order chi connectivity index (χ0) is 13.5. The zero-order valence-corrected chi connectivity index (χ0v) is 13.1. The highest BCUT2D eigenvalue weighted by Gasteiger charge is 2.24. The van der Waals surface area contributed by atoms with E-state index in [1.807, 2.05) is 20.8 Å². The van der Waals surface area contributed by atoms with Crippen LogP contribution in [0, 0.1) is 0 Å². The van der Waals surface area contributed by atoms with Gasteiger partial charge in [0, 0.05) is 18.8 Å². The molecule has 0 fully saturated rings. The third-order valence-electron chi connectivity index (χ3n) is 2.28. The van der Waals surface area contributed by atoms with Crippen molar-refractivity contribution in [2.75, 3.05) is 13.2 Å². The van der Waals surface area contributed by atoms with E-state index in [9.17, 15) is 5.11 Å². The predicted octanol–water partition coefficient (Wildman–Crippen LogP) is 2.96. The van der Waals surface area contributed by atoms with E-state index in [1.54, 1.807) is 0 Å². The SMILES string of the molecule is CCOC(OCC)/C(=C\[Si](C)(C)C)C(O)CC. The Hall–Kier alpha value is -0.163. The van der Waals surface area contributed by atoms with Crippen molar-refractivity contribution in [3.8, 4) is 0 Å². The Labute approximate surface area is 107 Å². The normalized spacial score (nSPS) is 15.4. The number of aliphatic hydroxyl groups is 1. The predicted molar refractivity (Wildman–Crippen MR) is 74.8 cm³/mol. The third kappa shape index (κ3) is 6.98. The Morgan fingerprint density at radius 1 is 1.12 bits per heavy atom. The Balaban J connectivity index is 5.05. The first-order valence-electron chi connectivity index (χ1n) is 6.49. The Morgan fingerprint density at radius 2 is 1.59 bits per heavy atom. The summed E-state index contributed by atoms with van der Waals surface area (Å²) < 4.78 is 11.2. The van der Waals surface area contributed by atoms with E-state index in [-0.39, 0.29) is 0 Å². The molecule has 0 amide bonds. The molecular weight excluding hydrogens is 232 g/mol. The maximum absolute atomic E-state index is 10.1. The molecule has 0 bridgehead atoms. The van der Waals surface area contributed by atoms with Gasteiger partial charge in [0.15, 0.2) is 6.29 Å². The van der Waals surface area contributed by atoms with Crippen molar-refractivity contribution in [2.24, 2.45) is 0 Å². The van der Waals surface area contributed by atoms with Crippen LogP contribution in [-0.2, 0) is 9.47 Å². The topological polar surface area (TPSA) is 38.7 Å². The highest BCUT2D eigenvalue weighted by molar-refractivity contribution is 6.81. The molecule has 0 spiro atoms. The second-order valence-electron chi connectivity index (χ2n) is 5.18. The molecule has 1 N–H and O–H groups in total. The van der Waals surface area contributed by atoms with E-state index in [0.717, 1.165) is 5.57 Å². The summed E-state index contributed by atoms with van der Waals surface area (Å²) in [6, 6.07) is 0. The summed E-state index contributed by atoms with van der Waals surface area (Å²) in [5.74, 6) is 0. The number of hydrogen-bond acceptors (Lipinski definition) is 3. The first-order valence-corrected chi connectivity index (χ1v) is 10.1. The quantitative estimate of drug-likeness (QED) is 0.539. The minimum absolute atomic E-state index is 0.397. The number of ether oxygens (including phenoxy) is 2. The highest BCUT2D eigenvalue weighted by Crippen LogP contribution is 2.19. The van der Waals surface area contributed by atoms with E-state index in [4.69, 9.17) is 9.47 Å². The fourth-order valence-electron chi connectivity index (χ4n) is 1.60. The molecule has 17 heavy (non-hydrogen) atoms. The van der Waals surface area contributed by atoms with Gasteiger partial charge in [0.1, 0.15) is 0 Å². The van der Waals surface area contributed by atoms with Crippen LogP contribution in [0.2, 0.25) is 19.6 Å². The molecule has 0 saturated heterocycles. The van der Waals surface area contributed by atoms with Gasteiger partial charge in [0.05, 0.1) is 14.2 Å². The Bertz CT molecular complexity index is 227. The number of rotatable bonds is 8. The molecule has 102 valence electrons. The van der Waals surface area contributed by atoms with Crippen LogP contribution < -0.4 is 0 Å². The highest BCUT2D eigenvalue weighted by atomic mass is 28.3. The lowest BCUT2D eigenvalue weighted by Gasteiger charge is -2.26. The molecule has 0 aromatic heterocycles. The third-order valence-corrected chi connectivity index (χ3v) is 3.48. The summed E-state index contributed by atoms with van der Waals surface area (Å²) in [5.41, 5.74) is 3.09. The van der Waals surface area contributed by atoms with Crippen molar-refractivity contribution in [1.82, 2.24) is 0 Å². The summed E-state index contributed by atoms with van der Waals surface area (Å²) in [7, 11) is -1.40. The van der Waals surface area contributed by atoms with Crippen molar-refractivity contribution in [2.45, 2.75) is 59.2 Å². The largest absolute Gasteiger partial charge is 0.389 e. The maximum Gasteiger partial charge on any atom is 0.181 e. The first-order chi connectivity index (χ1) is 7.85. The van der Waals surface area contributed by atoms with Gasteiger partial charge in [-0.1, -0.05) is 32.3 Å². The molecule has 0 aliphatic rings. The van der Waals surface area contributed by atoms with Crippen LogP contribution in [0.15, 0.2) is 11.3 Å². The summed E-state index contributed by atoms with van der Waals surface area (Å²) in [6.07, 6.45) is -0.177. The molecule has 1 unspecified atom stereocenters. The number of hydrogen-bond donors (Lipinski definition) is 1. The lowest BCUT2D eigenvalue weighted by molar-refractivity contribution is -0.119. The van der Waals surface area contributed by atoms with Gasteiger partial charge >= 0.3 is 0 Å². The standard InChI is InChI=1S/C13H28O3Si/c1-7-12(14)11(10-17(4,5)6)13(15-8-2)16-9-3/h10,12-14H,7-9H2,1-6H3/b11-10-. The van der Waals surface area contributed by atoms with Crippen LogP contribution in [0.25, 0.3) is 0 Å². The van der Waals surface area contributed by atoms with Gasteiger partial charge < -0.3 is 14.6 Å². The van der Waals surface area contributed by atoms with E-state index in [1.165, 1.54) is 0 Å². The van der Waals surface area contributed by atoms with E-state index in [0.29, 0.717) is 19.6 Å². The average molecular weight is 260 g/mol. The molecule has 0 heterocycles. The molecule has 0 radical (unpaired) electrons. The molecule has 3 nitrogen and oxygen atoms in total. The van der Waals surface area contributed by atoms with Gasteiger partial charge in [-0.2, -0.15) is 0 Å². The number of aliphatic hydroxyl groups excluding tert-OH is 1. The van der Waals surface area contributed by atoms with Crippen LogP contribution in [0.1, 0.15) is 27.2 Å². The van der Waals surface area contributed by atoms with Crippen molar-refractivity contribution in [1.29, 1.82) is 0 Å². The van der Waals surface area contributed by atoms with Crippen LogP contribution in [-0.4, -0.2) is 38.8 Å². The van der Waals surface area contributed by atoms with Crippen LogP contribution in [0.3, 0.4) is 0 Å². The smallest absolute Gasteiger partial charge is 0.181 e. The molecule has 0 aliphatic carbocycles. The van der Waals surface area contributed by atoms with Crippen LogP contribution in [0.5, 0.6) is 0 Å². The van der Waals surface area contributed by atoms with Crippen molar-refractivity contribution >= 4 is 8.07 Å². The van der Waals surface area contributed by atoms with Crippen molar-refractivity contribution < 1.29 is 14.6 Å². The molecule has 0 aliphatic heterocycles. The lowest BCUT2D eigenvalue weighted by atomic mass is 10.1. The lowest BCUT2D eigenvalue weighted by Crippen LogP contribution is -2.31. The van der Waals surface area contributed by atoms with Gasteiger partial charge in [-0.15, -0.1) is 0 Å². The van der Waals surface area contributed by atoms with Crippen LogP contribution >= 0.6 is 0 Å². The minimum atomic E-state index is -1.40. The van der Waals surface area contributed by atoms with E-state index < -0.39 is 20.5 Å². The maximum atomic E-state index is 10.1. The Morgan fingerprint density at radius 3 is 1.88 bits per heavy atom. The molecule has 1 atom stereocenters. The summed E-state index contributed by atoms with van der Waals surface area (Å²) in [4.78, 5) is 0. The van der Waals surface area contributed by atoms with Crippen molar-refractivity contribution in [3.63, 3.8) is 0 Å². The van der Waals surface area contributed by atoms with Crippen molar-refractivity contribution in [3.05, 3.63) is 11.3 Å². The second kappa shape index (κ2) is 8.03. The molecule has 0 aromatic rings. The van der Waals surface area contributed by atoms with Gasteiger partial charge in [0.2, 0.25) is 0 Å². The molecule has 0 rings (SSSR count). The monoisotopic (exact) mass is 260 g/mol. The molecular formula is C13H28O3Si. The van der Waals surface area contributed by atoms with E-state index >= 15 is 0 Å². The zero-order valence-electron chi connectivity index (χ0n) is 12.1. The van der Waals surface area contributed by atoms with E-state index in [2.05, 4.69) is 25.3 Å². The molecule has 4 heteroatoms. The fraction of sp³-hybridized carbons (Fsp3) is 0.846. The first kappa shape index (κ1) is 16.8. The average Bonchev–Trinajstić information content (AvgIpc) is 2.23. The van der Waals surface area contributed by atoms with Gasteiger partial charge in [-0.3, -0.25) is 0 Å². The van der Waals surface area contributed by atoms with Gasteiger partial charge in [-0.25, -0.2) is 0 Å². The summed E-state index contributed by atoms with van der Waals surface area (Å²) in [5, 5.41) is 10.1. The summed E-state index contributed by atoms with van der Waals surface area (Å²) >= 11 is 0. The Kier molecular flexibility index (Phi) is 7.95. The fourth-order valence-corrected chi connectivity index (χ4v) is 2.93. The van der Waals surface area contributed by atoms with Crippen LogP contribution in [0.4, 0.5) is 0 Å². The molecule has 0 aromatic carbocycles. The minimum Gasteiger partial charge on any atom is -0.389 e. The second-order valence-corrected chi connectivity index (χ2v) is 10.2. The summed E-state index contributed by atoms with van der Waals surface area (Å²) in [6.45, 7) is 13.7. The van der Waals surface area contributed by atoms with Gasteiger partial charge in [0.25, 0.3) is 0 Å². The van der Waals surface area contributed by atoms with Gasteiger partial charge in [-0.05, 0) is 20.3 Å². The molecule has 0 saturated carbocycles.